The summed E-state index contributed by atoms with van der Waals surface area (Å²) < 4.78 is 10.8. The second kappa shape index (κ2) is 7.48. The molecule has 0 amide bonds. The summed E-state index contributed by atoms with van der Waals surface area (Å²) in [5, 5.41) is 0. The van der Waals surface area contributed by atoms with Crippen molar-refractivity contribution < 1.29 is 14.3 Å². The predicted octanol–water partition coefficient (Wildman–Crippen LogP) is 3.91. The summed E-state index contributed by atoms with van der Waals surface area (Å²) >= 11 is 0. The first-order chi connectivity index (χ1) is 10.2. The first kappa shape index (κ1) is 15.1. The SMILES string of the molecule is CCC(=O)c1ccc(OCCc2ccc(OC)cc2)cc1. The Labute approximate surface area is 125 Å². The van der Waals surface area contributed by atoms with Gasteiger partial charge >= 0.3 is 0 Å². The van der Waals surface area contributed by atoms with Crippen LogP contribution in [-0.2, 0) is 6.42 Å². The zero-order valence-electron chi connectivity index (χ0n) is 12.5. The number of rotatable bonds is 7. The number of methoxy groups -OCH3 is 1. The number of Topliss-reactive ketones (excluding diaryl/α,β-unsaturated/α-hetero) is 1. The summed E-state index contributed by atoms with van der Waals surface area (Å²) in [6, 6.07) is 15.3. The maximum atomic E-state index is 11.5. The minimum Gasteiger partial charge on any atom is -0.497 e. The highest BCUT2D eigenvalue weighted by atomic mass is 16.5. The van der Waals surface area contributed by atoms with Crippen molar-refractivity contribution in [3.63, 3.8) is 0 Å². The highest BCUT2D eigenvalue weighted by Crippen LogP contribution is 2.15. The summed E-state index contributed by atoms with van der Waals surface area (Å²) in [6.45, 7) is 2.47. The molecule has 0 aliphatic rings. The summed E-state index contributed by atoms with van der Waals surface area (Å²) in [4.78, 5) is 11.5. The predicted molar refractivity (Wildman–Crippen MR) is 83.3 cm³/mol. The summed E-state index contributed by atoms with van der Waals surface area (Å²) in [5.41, 5.74) is 1.94. The standard InChI is InChI=1S/C18H20O3/c1-3-18(19)15-6-10-17(11-7-15)21-13-12-14-4-8-16(20-2)9-5-14/h4-11H,3,12-13H2,1-2H3. The van der Waals surface area contributed by atoms with E-state index in [1.54, 1.807) is 7.11 Å². The van der Waals surface area contributed by atoms with E-state index in [1.165, 1.54) is 5.56 Å². The Morgan fingerprint density at radius 3 is 2.14 bits per heavy atom. The largest absolute Gasteiger partial charge is 0.497 e. The second-order valence-electron chi connectivity index (χ2n) is 4.75. The fourth-order valence-electron chi connectivity index (χ4n) is 2.02. The van der Waals surface area contributed by atoms with Crippen molar-refractivity contribution in [2.24, 2.45) is 0 Å². The molecule has 0 radical (unpaired) electrons. The molecule has 0 unspecified atom stereocenters. The van der Waals surface area contributed by atoms with Crippen LogP contribution in [0.25, 0.3) is 0 Å². The Kier molecular flexibility index (Phi) is 5.38. The highest BCUT2D eigenvalue weighted by Gasteiger charge is 2.03. The van der Waals surface area contributed by atoms with E-state index in [0.29, 0.717) is 13.0 Å². The number of hydrogen-bond donors (Lipinski definition) is 0. The minimum absolute atomic E-state index is 0.153. The normalized spacial score (nSPS) is 10.2. The molecule has 0 saturated carbocycles. The molecule has 21 heavy (non-hydrogen) atoms. The van der Waals surface area contributed by atoms with Gasteiger partial charge in [0.25, 0.3) is 0 Å². The molecule has 0 atom stereocenters. The first-order valence-corrected chi connectivity index (χ1v) is 7.12. The molecule has 2 aromatic carbocycles. The topological polar surface area (TPSA) is 35.5 Å². The fraction of sp³-hybridized carbons (Fsp3) is 0.278. The van der Waals surface area contributed by atoms with E-state index in [0.717, 1.165) is 23.5 Å². The van der Waals surface area contributed by atoms with Crippen LogP contribution in [0, 0.1) is 0 Å². The van der Waals surface area contributed by atoms with Crippen LogP contribution in [0.15, 0.2) is 48.5 Å². The van der Waals surface area contributed by atoms with Crippen molar-refractivity contribution in [2.75, 3.05) is 13.7 Å². The molecule has 0 aliphatic heterocycles. The lowest BCUT2D eigenvalue weighted by atomic mass is 10.1. The summed E-state index contributed by atoms with van der Waals surface area (Å²) in [7, 11) is 1.66. The van der Waals surface area contributed by atoms with Crippen molar-refractivity contribution >= 4 is 5.78 Å². The molecule has 0 saturated heterocycles. The number of ketones is 1. The van der Waals surface area contributed by atoms with E-state index in [-0.39, 0.29) is 5.78 Å². The Morgan fingerprint density at radius 2 is 1.57 bits per heavy atom. The maximum absolute atomic E-state index is 11.5. The Hall–Kier alpha value is -2.29. The van der Waals surface area contributed by atoms with Crippen molar-refractivity contribution in [1.82, 2.24) is 0 Å². The first-order valence-electron chi connectivity index (χ1n) is 7.12. The third-order valence-corrected chi connectivity index (χ3v) is 3.32. The summed E-state index contributed by atoms with van der Waals surface area (Å²) in [6.07, 6.45) is 1.36. The van der Waals surface area contributed by atoms with E-state index in [1.807, 2.05) is 55.5 Å². The average Bonchev–Trinajstić information content (AvgIpc) is 2.55. The van der Waals surface area contributed by atoms with Crippen LogP contribution in [0.5, 0.6) is 11.5 Å². The highest BCUT2D eigenvalue weighted by molar-refractivity contribution is 5.95. The third kappa shape index (κ3) is 4.35. The van der Waals surface area contributed by atoms with Crippen LogP contribution in [-0.4, -0.2) is 19.5 Å². The molecule has 2 aromatic rings. The molecule has 110 valence electrons. The van der Waals surface area contributed by atoms with Crippen molar-refractivity contribution in [2.45, 2.75) is 19.8 Å². The van der Waals surface area contributed by atoms with Crippen LogP contribution in [0.2, 0.25) is 0 Å². The molecule has 2 rings (SSSR count). The van der Waals surface area contributed by atoms with Gasteiger partial charge in [0.1, 0.15) is 11.5 Å². The van der Waals surface area contributed by atoms with Gasteiger partial charge < -0.3 is 9.47 Å². The molecular weight excluding hydrogens is 264 g/mol. The Bertz CT molecular complexity index is 570. The van der Waals surface area contributed by atoms with Crippen LogP contribution in [0.3, 0.4) is 0 Å². The van der Waals surface area contributed by atoms with Crippen LogP contribution in [0.4, 0.5) is 0 Å². The lowest BCUT2D eigenvalue weighted by molar-refractivity contribution is 0.0988. The monoisotopic (exact) mass is 284 g/mol. The van der Waals surface area contributed by atoms with Gasteiger partial charge in [-0.25, -0.2) is 0 Å². The van der Waals surface area contributed by atoms with Gasteiger partial charge in [-0.2, -0.15) is 0 Å². The second-order valence-corrected chi connectivity index (χ2v) is 4.75. The van der Waals surface area contributed by atoms with Crippen LogP contribution in [0.1, 0.15) is 29.3 Å². The third-order valence-electron chi connectivity index (χ3n) is 3.32. The Balaban J connectivity index is 1.83. The molecule has 0 aromatic heterocycles. The van der Waals surface area contributed by atoms with Crippen molar-refractivity contribution in [3.8, 4) is 11.5 Å². The maximum Gasteiger partial charge on any atom is 0.162 e. The van der Waals surface area contributed by atoms with Crippen molar-refractivity contribution in [3.05, 3.63) is 59.7 Å². The van der Waals surface area contributed by atoms with E-state index in [4.69, 9.17) is 9.47 Å². The van der Waals surface area contributed by atoms with Gasteiger partial charge in [0.2, 0.25) is 0 Å². The molecular formula is C18H20O3. The van der Waals surface area contributed by atoms with E-state index >= 15 is 0 Å². The smallest absolute Gasteiger partial charge is 0.162 e. The lowest BCUT2D eigenvalue weighted by Gasteiger charge is -2.07. The molecule has 0 N–H and O–H groups in total. The molecule has 3 heteroatoms. The zero-order chi connectivity index (χ0) is 15.1. The molecule has 3 nitrogen and oxygen atoms in total. The van der Waals surface area contributed by atoms with E-state index < -0.39 is 0 Å². The average molecular weight is 284 g/mol. The minimum atomic E-state index is 0.153. The molecule has 0 bridgehead atoms. The number of hydrogen-bond acceptors (Lipinski definition) is 3. The van der Waals surface area contributed by atoms with Gasteiger partial charge in [-0.15, -0.1) is 0 Å². The molecule has 0 fully saturated rings. The van der Waals surface area contributed by atoms with Gasteiger partial charge in [0, 0.05) is 18.4 Å². The molecule has 0 spiro atoms. The van der Waals surface area contributed by atoms with Gasteiger partial charge in [0.15, 0.2) is 5.78 Å². The Morgan fingerprint density at radius 1 is 0.952 bits per heavy atom. The van der Waals surface area contributed by atoms with Crippen LogP contribution < -0.4 is 9.47 Å². The van der Waals surface area contributed by atoms with Gasteiger partial charge in [-0.1, -0.05) is 19.1 Å². The summed E-state index contributed by atoms with van der Waals surface area (Å²) in [5.74, 6) is 1.80. The van der Waals surface area contributed by atoms with Crippen LogP contribution >= 0.6 is 0 Å². The molecule has 0 aliphatic carbocycles. The molecule has 0 heterocycles. The zero-order valence-corrected chi connectivity index (χ0v) is 12.5. The fourth-order valence-corrected chi connectivity index (χ4v) is 2.02. The van der Waals surface area contributed by atoms with E-state index in [9.17, 15) is 4.79 Å². The van der Waals surface area contributed by atoms with Gasteiger partial charge in [-0.3, -0.25) is 4.79 Å². The quantitative estimate of drug-likeness (QED) is 0.723. The van der Waals surface area contributed by atoms with Crippen molar-refractivity contribution in [1.29, 1.82) is 0 Å². The van der Waals surface area contributed by atoms with E-state index in [2.05, 4.69) is 0 Å². The van der Waals surface area contributed by atoms with Gasteiger partial charge in [-0.05, 0) is 42.0 Å². The lowest BCUT2D eigenvalue weighted by Crippen LogP contribution is -2.02. The number of carbonyl (C=O) groups excluding carboxylic acids is 1. The number of carbonyl (C=O) groups is 1. The number of benzene rings is 2. The number of ether oxygens (including phenoxy) is 2. The van der Waals surface area contributed by atoms with Gasteiger partial charge in [0.05, 0.1) is 13.7 Å².